The SMILES string of the molecule is CN1C(=O)c2ccccc2NC1c1ccc(-c2ccccc2F)o1. The molecule has 2 heterocycles. The summed E-state index contributed by atoms with van der Waals surface area (Å²) in [6.45, 7) is 0. The molecule has 1 aromatic heterocycles. The minimum Gasteiger partial charge on any atom is -0.457 e. The zero-order chi connectivity index (χ0) is 16.7. The van der Waals surface area contributed by atoms with Crippen molar-refractivity contribution in [2.75, 3.05) is 12.4 Å². The van der Waals surface area contributed by atoms with E-state index in [0.717, 1.165) is 5.69 Å². The van der Waals surface area contributed by atoms with Crippen LogP contribution in [0.3, 0.4) is 0 Å². The lowest BCUT2D eigenvalue weighted by molar-refractivity contribution is 0.0719. The van der Waals surface area contributed by atoms with Gasteiger partial charge in [0.1, 0.15) is 17.3 Å². The van der Waals surface area contributed by atoms with Crippen molar-refractivity contribution >= 4 is 11.6 Å². The number of benzene rings is 2. The molecule has 0 bridgehead atoms. The molecule has 1 aliphatic heterocycles. The molecule has 0 saturated heterocycles. The second-order valence-corrected chi connectivity index (χ2v) is 5.69. The van der Waals surface area contributed by atoms with Gasteiger partial charge in [0.05, 0.1) is 11.1 Å². The van der Waals surface area contributed by atoms with Crippen LogP contribution in [-0.2, 0) is 0 Å². The Bertz CT molecular complexity index is 919. The van der Waals surface area contributed by atoms with Crippen LogP contribution in [-0.4, -0.2) is 17.9 Å². The van der Waals surface area contributed by atoms with Crippen LogP contribution in [0.2, 0.25) is 0 Å². The summed E-state index contributed by atoms with van der Waals surface area (Å²) >= 11 is 0. The van der Waals surface area contributed by atoms with Gasteiger partial charge in [0.2, 0.25) is 0 Å². The number of nitrogens with one attached hydrogen (secondary N) is 1. The monoisotopic (exact) mass is 322 g/mol. The molecule has 24 heavy (non-hydrogen) atoms. The number of hydrogen-bond acceptors (Lipinski definition) is 3. The predicted octanol–water partition coefficient (Wildman–Crippen LogP) is 4.28. The van der Waals surface area contributed by atoms with E-state index in [-0.39, 0.29) is 11.7 Å². The highest BCUT2D eigenvalue weighted by atomic mass is 19.1. The van der Waals surface area contributed by atoms with Gasteiger partial charge in [-0.1, -0.05) is 24.3 Å². The van der Waals surface area contributed by atoms with E-state index in [1.165, 1.54) is 6.07 Å². The smallest absolute Gasteiger partial charge is 0.257 e. The van der Waals surface area contributed by atoms with Gasteiger partial charge in [0.15, 0.2) is 6.17 Å². The van der Waals surface area contributed by atoms with Crippen molar-refractivity contribution in [3.05, 3.63) is 77.8 Å². The van der Waals surface area contributed by atoms with Crippen LogP contribution in [0.25, 0.3) is 11.3 Å². The van der Waals surface area contributed by atoms with Crippen molar-refractivity contribution in [2.24, 2.45) is 0 Å². The maximum absolute atomic E-state index is 13.9. The Morgan fingerprint density at radius 1 is 1.00 bits per heavy atom. The van der Waals surface area contributed by atoms with Gasteiger partial charge in [-0.3, -0.25) is 4.79 Å². The molecule has 2 aromatic carbocycles. The van der Waals surface area contributed by atoms with Gasteiger partial charge in [-0.05, 0) is 36.4 Å². The third-order valence-electron chi connectivity index (χ3n) is 4.19. The second kappa shape index (κ2) is 5.53. The minimum absolute atomic E-state index is 0.0850. The predicted molar refractivity (Wildman–Crippen MR) is 89.0 cm³/mol. The molecule has 120 valence electrons. The lowest BCUT2D eigenvalue weighted by Gasteiger charge is -2.33. The number of hydrogen-bond donors (Lipinski definition) is 1. The number of nitrogens with zero attached hydrogens (tertiary/aromatic N) is 1. The fourth-order valence-corrected chi connectivity index (χ4v) is 2.91. The molecule has 5 heteroatoms. The van der Waals surface area contributed by atoms with E-state index in [2.05, 4.69) is 5.32 Å². The lowest BCUT2D eigenvalue weighted by Crippen LogP contribution is -2.39. The average Bonchev–Trinajstić information content (AvgIpc) is 3.08. The summed E-state index contributed by atoms with van der Waals surface area (Å²) in [7, 11) is 1.71. The molecule has 4 rings (SSSR count). The Morgan fingerprint density at radius 2 is 1.71 bits per heavy atom. The first-order chi connectivity index (χ1) is 11.6. The van der Waals surface area contributed by atoms with Gasteiger partial charge in [0.25, 0.3) is 5.91 Å². The van der Waals surface area contributed by atoms with Crippen LogP contribution in [0, 0.1) is 5.82 Å². The molecule has 1 atom stereocenters. The summed E-state index contributed by atoms with van der Waals surface area (Å²) in [4.78, 5) is 14.1. The summed E-state index contributed by atoms with van der Waals surface area (Å²) in [6.07, 6.45) is -0.437. The number of amides is 1. The van der Waals surface area contributed by atoms with Crippen molar-refractivity contribution < 1.29 is 13.6 Å². The fourth-order valence-electron chi connectivity index (χ4n) is 2.91. The average molecular weight is 322 g/mol. The van der Waals surface area contributed by atoms with Gasteiger partial charge in [-0.25, -0.2) is 4.39 Å². The maximum atomic E-state index is 13.9. The van der Waals surface area contributed by atoms with E-state index in [0.29, 0.717) is 22.6 Å². The highest BCUT2D eigenvalue weighted by Gasteiger charge is 2.32. The summed E-state index contributed by atoms with van der Waals surface area (Å²) in [6, 6.07) is 17.3. The Balaban J connectivity index is 1.71. The molecule has 0 saturated carbocycles. The Kier molecular flexibility index (Phi) is 3.34. The number of para-hydroxylation sites is 1. The highest BCUT2D eigenvalue weighted by Crippen LogP contribution is 2.34. The highest BCUT2D eigenvalue weighted by molar-refractivity contribution is 6.01. The first-order valence-corrected chi connectivity index (χ1v) is 7.62. The van der Waals surface area contributed by atoms with E-state index in [1.807, 2.05) is 18.2 Å². The molecule has 0 spiro atoms. The first kappa shape index (κ1) is 14.5. The summed E-state index contributed by atoms with van der Waals surface area (Å²) < 4.78 is 19.7. The minimum atomic E-state index is -0.437. The summed E-state index contributed by atoms with van der Waals surface area (Å²) in [5, 5.41) is 3.29. The van der Waals surface area contributed by atoms with Crippen LogP contribution < -0.4 is 5.32 Å². The molecule has 1 unspecified atom stereocenters. The molecule has 0 aliphatic carbocycles. The third-order valence-corrected chi connectivity index (χ3v) is 4.19. The van der Waals surface area contributed by atoms with E-state index < -0.39 is 6.17 Å². The van der Waals surface area contributed by atoms with Crippen LogP contribution in [0.1, 0.15) is 22.3 Å². The Morgan fingerprint density at radius 3 is 2.50 bits per heavy atom. The zero-order valence-electron chi connectivity index (χ0n) is 13.0. The molecule has 1 N–H and O–H groups in total. The molecule has 1 amide bonds. The van der Waals surface area contributed by atoms with Crippen LogP contribution in [0.4, 0.5) is 10.1 Å². The quantitative estimate of drug-likeness (QED) is 0.766. The van der Waals surface area contributed by atoms with Gasteiger partial charge >= 0.3 is 0 Å². The number of fused-ring (bicyclic) bond motifs is 1. The number of rotatable bonds is 2. The standard InChI is InChI=1S/C19H15FN2O2/c1-22-18(21-15-9-5-3-7-13(15)19(22)23)17-11-10-16(24-17)12-6-2-4-8-14(12)20/h2-11,18,21H,1H3. The molecule has 0 radical (unpaired) electrons. The summed E-state index contributed by atoms with van der Waals surface area (Å²) in [5.41, 5.74) is 1.78. The van der Waals surface area contributed by atoms with Crippen molar-refractivity contribution in [3.8, 4) is 11.3 Å². The molecule has 0 fully saturated rings. The first-order valence-electron chi connectivity index (χ1n) is 7.62. The van der Waals surface area contributed by atoms with Crippen LogP contribution in [0.5, 0.6) is 0 Å². The fraction of sp³-hybridized carbons (Fsp3) is 0.105. The normalized spacial score (nSPS) is 16.7. The van der Waals surface area contributed by atoms with Gasteiger partial charge in [-0.15, -0.1) is 0 Å². The lowest BCUT2D eigenvalue weighted by atomic mass is 10.1. The molecule has 3 aromatic rings. The van der Waals surface area contributed by atoms with E-state index in [1.54, 1.807) is 48.3 Å². The summed E-state index contributed by atoms with van der Waals surface area (Å²) in [5.74, 6) is 0.561. The number of anilines is 1. The van der Waals surface area contributed by atoms with Crippen LogP contribution in [0.15, 0.2) is 65.1 Å². The van der Waals surface area contributed by atoms with E-state index >= 15 is 0 Å². The Labute approximate surface area is 138 Å². The van der Waals surface area contributed by atoms with Gasteiger partial charge in [0, 0.05) is 12.7 Å². The van der Waals surface area contributed by atoms with Gasteiger partial charge in [-0.2, -0.15) is 0 Å². The van der Waals surface area contributed by atoms with Crippen molar-refractivity contribution in [3.63, 3.8) is 0 Å². The molecular formula is C19H15FN2O2. The molecule has 1 aliphatic rings. The molecule has 4 nitrogen and oxygen atoms in total. The topological polar surface area (TPSA) is 45.5 Å². The maximum Gasteiger partial charge on any atom is 0.257 e. The third kappa shape index (κ3) is 2.25. The second-order valence-electron chi connectivity index (χ2n) is 5.69. The number of furan rings is 1. The largest absolute Gasteiger partial charge is 0.457 e. The number of carbonyl (C=O) groups is 1. The molecular weight excluding hydrogens is 307 g/mol. The van der Waals surface area contributed by atoms with Crippen molar-refractivity contribution in [1.29, 1.82) is 0 Å². The zero-order valence-corrected chi connectivity index (χ0v) is 13.0. The van der Waals surface area contributed by atoms with Crippen molar-refractivity contribution in [2.45, 2.75) is 6.17 Å². The van der Waals surface area contributed by atoms with E-state index in [4.69, 9.17) is 4.42 Å². The number of carbonyl (C=O) groups excluding carboxylic acids is 1. The van der Waals surface area contributed by atoms with Crippen molar-refractivity contribution in [1.82, 2.24) is 4.90 Å². The van der Waals surface area contributed by atoms with E-state index in [9.17, 15) is 9.18 Å². The van der Waals surface area contributed by atoms with Crippen LogP contribution >= 0.6 is 0 Å². The number of halogens is 1. The Hall–Kier alpha value is -3.08. The van der Waals surface area contributed by atoms with Gasteiger partial charge < -0.3 is 14.6 Å².